The zero-order valence-corrected chi connectivity index (χ0v) is 18.7. The zero-order valence-electron chi connectivity index (χ0n) is 17.9. The lowest BCUT2D eigenvalue weighted by atomic mass is 9.83. The number of phenols is 1. The second-order valence-corrected chi connectivity index (χ2v) is 9.61. The van der Waals surface area contributed by atoms with Crippen molar-refractivity contribution in [3.8, 4) is 5.75 Å². The van der Waals surface area contributed by atoms with Crippen LogP contribution >= 0.6 is 0 Å². The van der Waals surface area contributed by atoms with E-state index in [-0.39, 0.29) is 10.6 Å². The first-order valence-electron chi connectivity index (χ1n) is 10.3. The number of hydrogen-bond donors (Lipinski definition) is 2. The SMILES string of the molecule is CC(NS(=O)(=O)c1ccc(F)cc1)N1C(=O)C(c2ccc(O)cc2)C(c2ccc(F)cc2)C1=O. The van der Waals surface area contributed by atoms with E-state index in [9.17, 15) is 31.9 Å². The second kappa shape index (κ2) is 8.96. The van der Waals surface area contributed by atoms with Gasteiger partial charge in [-0.3, -0.25) is 14.5 Å². The van der Waals surface area contributed by atoms with Gasteiger partial charge in [0.25, 0.3) is 0 Å². The molecule has 0 saturated carbocycles. The van der Waals surface area contributed by atoms with Crippen LogP contribution in [-0.4, -0.2) is 36.4 Å². The quantitative estimate of drug-likeness (QED) is 0.521. The molecule has 3 aromatic rings. The molecule has 0 aromatic heterocycles. The highest BCUT2D eigenvalue weighted by molar-refractivity contribution is 7.89. The number of aromatic hydroxyl groups is 1. The van der Waals surface area contributed by atoms with Crippen molar-refractivity contribution >= 4 is 21.8 Å². The molecule has 1 fully saturated rings. The number of imide groups is 1. The molecule has 4 rings (SSSR count). The van der Waals surface area contributed by atoms with Gasteiger partial charge in [-0.25, -0.2) is 17.2 Å². The van der Waals surface area contributed by atoms with Crippen molar-refractivity contribution in [3.63, 3.8) is 0 Å². The molecule has 1 saturated heterocycles. The topological polar surface area (TPSA) is 104 Å². The fourth-order valence-electron chi connectivity index (χ4n) is 4.06. The molecule has 0 bridgehead atoms. The third-order valence-corrected chi connectivity index (χ3v) is 7.20. The Balaban J connectivity index is 1.70. The number of nitrogens with one attached hydrogen (secondary N) is 1. The first kappa shape index (κ1) is 23.5. The van der Waals surface area contributed by atoms with E-state index in [4.69, 9.17) is 0 Å². The molecule has 176 valence electrons. The molecule has 0 radical (unpaired) electrons. The zero-order chi connectivity index (χ0) is 24.6. The van der Waals surface area contributed by atoms with Crippen molar-refractivity contribution in [3.05, 3.63) is 95.6 Å². The lowest BCUT2D eigenvalue weighted by molar-refractivity contribution is -0.141. The number of hydrogen-bond acceptors (Lipinski definition) is 5. The predicted octanol–water partition coefficient (Wildman–Crippen LogP) is 3.23. The van der Waals surface area contributed by atoms with Crippen LogP contribution in [0.1, 0.15) is 29.9 Å². The largest absolute Gasteiger partial charge is 0.508 e. The fraction of sp³-hybridized carbons (Fsp3) is 0.167. The molecule has 2 amide bonds. The molecule has 1 heterocycles. The molecule has 7 nitrogen and oxygen atoms in total. The van der Waals surface area contributed by atoms with E-state index in [1.54, 1.807) is 0 Å². The molecule has 3 aromatic carbocycles. The summed E-state index contributed by atoms with van der Waals surface area (Å²) in [6, 6.07) is 15.0. The van der Waals surface area contributed by atoms with Crippen molar-refractivity contribution in [2.45, 2.75) is 29.8 Å². The van der Waals surface area contributed by atoms with Gasteiger partial charge in [0.15, 0.2) is 0 Å². The minimum absolute atomic E-state index is 0.0314. The lowest BCUT2D eigenvalue weighted by Crippen LogP contribution is -2.49. The average molecular weight is 486 g/mol. The number of nitrogens with zero attached hydrogens (tertiary/aromatic N) is 1. The third-order valence-electron chi connectivity index (χ3n) is 5.66. The van der Waals surface area contributed by atoms with Gasteiger partial charge in [-0.2, -0.15) is 4.72 Å². The maximum Gasteiger partial charge on any atom is 0.242 e. The average Bonchev–Trinajstić information content (AvgIpc) is 3.05. The first-order valence-corrected chi connectivity index (χ1v) is 11.8. The minimum atomic E-state index is -4.18. The molecule has 3 unspecified atom stereocenters. The van der Waals surface area contributed by atoms with E-state index in [2.05, 4.69) is 4.72 Å². The molecule has 1 aliphatic heterocycles. The maximum atomic E-state index is 13.5. The molecule has 3 atom stereocenters. The summed E-state index contributed by atoms with van der Waals surface area (Å²) in [5, 5.41) is 9.62. The third kappa shape index (κ3) is 4.42. The van der Waals surface area contributed by atoms with E-state index < -0.39 is 51.5 Å². The van der Waals surface area contributed by atoms with Crippen LogP contribution in [-0.2, 0) is 19.6 Å². The van der Waals surface area contributed by atoms with Gasteiger partial charge in [0.1, 0.15) is 23.5 Å². The minimum Gasteiger partial charge on any atom is -0.508 e. The number of amides is 2. The Bertz CT molecular complexity index is 1260. The molecule has 2 N–H and O–H groups in total. The predicted molar refractivity (Wildman–Crippen MR) is 118 cm³/mol. The summed E-state index contributed by atoms with van der Waals surface area (Å²) in [6.07, 6.45) is -1.26. The second-order valence-electron chi connectivity index (χ2n) is 7.90. The van der Waals surface area contributed by atoms with Crippen molar-refractivity contribution in [1.82, 2.24) is 9.62 Å². The molecule has 10 heteroatoms. The smallest absolute Gasteiger partial charge is 0.242 e. The van der Waals surface area contributed by atoms with Gasteiger partial charge in [-0.05, 0) is 66.6 Å². The van der Waals surface area contributed by atoms with E-state index in [0.29, 0.717) is 11.1 Å². The Hall–Kier alpha value is -3.63. The van der Waals surface area contributed by atoms with Crippen LogP contribution in [0.15, 0.2) is 77.7 Å². The van der Waals surface area contributed by atoms with Gasteiger partial charge in [-0.1, -0.05) is 24.3 Å². The van der Waals surface area contributed by atoms with Gasteiger partial charge in [0.05, 0.1) is 16.7 Å². The first-order chi connectivity index (χ1) is 16.1. The maximum absolute atomic E-state index is 13.5. The number of halogens is 2. The molecular weight excluding hydrogens is 466 g/mol. The Kier molecular flexibility index (Phi) is 6.20. The number of phenolic OH excluding ortho intramolecular Hbond substituents is 1. The van der Waals surface area contributed by atoms with Crippen molar-refractivity contribution < 1.29 is 31.9 Å². The highest BCUT2D eigenvalue weighted by Crippen LogP contribution is 2.42. The van der Waals surface area contributed by atoms with Gasteiger partial charge in [0.2, 0.25) is 21.8 Å². The molecular formula is C24H20F2N2O5S. The summed E-state index contributed by atoms with van der Waals surface area (Å²) in [6.45, 7) is 1.35. The molecule has 0 spiro atoms. The van der Waals surface area contributed by atoms with Crippen LogP contribution in [0.4, 0.5) is 8.78 Å². The number of benzene rings is 3. The standard InChI is InChI=1S/C24H20F2N2O5S/c1-14(27-34(32,33)20-12-8-18(26)9-13-20)28-23(30)21(15-2-6-17(25)7-3-15)22(24(28)31)16-4-10-19(29)11-5-16/h2-14,21-22,27,29H,1H3. The molecule has 0 aliphatic carbocycles. The fourth-order valence-corrected chi connectivity index (χ4v) is 5.24. The van der Waals surface area contributed by atoms with Crippen molar-refractivity contribution in [2.75, 3.05) is 0 Å². The Morgan fingerprint density at radius 3 is 1.68 bits per heavy atom. The van der Waals surface area contributed by atoms with Gasteiger partial charge in [0, 0.05) is 0 Å². The Morgan fingerprint density at radius 1 is 0.794 bits per heavy atom. The molecule has 1 aliphatic rings. The van der Waals surface area contributed by atoms with Crippen LogP contribution in [0.2, 0.25) is 0 Å². The normalized spacial score (nSPS) is 19.4. The van der Waals surface area contributed by atoms with Gasteiger partial charge < -0.3 is 5.11 Å². The van der Waals surface area contributed by atoms with Gasteiger partial charge >= 0.3 is 0 Å². The Morgan fingerprint density at radius 2 is 1.21 bits per heavy atom. The van der Waals surface area contributed by atoms with Crippen molar-refractivity contribution in [1.29, 1.82) is 0 Å². The highest BCUT2D eigenvalue weighted by Gasteiger charge is 2.51. The van der Waals surface area contributed by atoms with Crippen molar-refractivity contribution in [2.24, 2.45) is 0 Å². The number of rotatable bonds is 6. The van der Waals surface area contributed by atoms with E-state index in [1.165, 1.54) is 55.5 Å². The van der Waals surface area contributed by atoms with Crippen LogP contribution in [0, 0.1) is 11.6 Å². The summed E-state index contributed by atoms with van der Waals surface area (Å²) in [7, 11) is -4.18. The number of sulfonamides is 1. The van der Waals surface area contributed by atoms with Crippen LogP contribution in [0.3, 0.4) is 0 Å². The summed E-state index contributed by atoms with van der Waals surface area (Å²) in [5.74, 6) is -4.53. The highest BCUT2D eigenvalue weighted by atomic mass is 32.2. The lowest BCUT2D eigenvalue weighted by Gasteiger charge is -2.24. The molecule has 34 heavy (non-hydrogen) atoms. The number of carbonyl (C=O) groups excluding carboxylic acids is 2. The van der Waals surface area contributed by atoms with E-state index in [0.717, 1.165) is 29.2 Å². The summed E-state index contributed by atoms with van der Waals surface area (Å²) < 4.78 is 54.5. The number of likely N-dealkylation sites (tertiary alicyclic amines) is 1. The van der Waals surface area contributed by atoms with E-state index >= 15 is 0 Å². The van der Waals surface area contributed by atoms with Crippen LogP contribution in [0.25, 0.3) is 0 Å². The van der Waals surface area contributed by atoms with Crippen LogP contribution in [0.5, 0.6) is 5.75 Å². The number of carbonyl (C=O) groups is 2. The van der Waals surface area contributed by atoms with Crippen LogP contribution < -0.4 is 4.72 Å². The summed E-state index contributed by atoms with van der Waals surface area (Å²) >= 11 is 0. The summed E-state index contributed by atoms with van der Waals surface area (Å²) in [5.41, 5.74) is 0.815. The van der Waals surface area contributed by atoms with E-state index in [1.807, 2.05) is 0 Å². The Labute approximate surface area is 194 Å². The van der Waals surface area contributed by atoms with Gasteiger partial charge in [-0.15, -0.1) is 0 Å². The summed E-state index contributed by atoms with van der Waals surface area (Å²) in [4.78, 5) is 27.5. The monoisotopic (exact) mass is 486 g/mol.